The minimum absolute atomic E-state index is 0.0451. The van der Waals surface area contributed by atoms with Gasteiger partial charge in [-0.3, -0.25) is 15.2 Å². The number of nitrogens with zero attached hydrogens (tertiary/aromatic N) is 4. The molecule has 0 radical (unpaired) electrons. The highest BCUT2D eigenvalue weighted by atomic mass is 16.1. The van der Waals surface area contributed by atoms with Gasteiger partial charge in [-0.25, -0.2) is 9.98 Å². The Hall–Kier alpha value is -2.98. The number of dihydropyridines is 1. The SMILES string of the molecule is N#C[C@H]1CCCC[C@@H]1N1NC(=Nc2ccc3c(c2)CNC3)C2C(=O)N=CC=C21. The van der Waals surface area contributed by atoms with Crippen molar-refractivity contribution in [3.05, 3.63) is 41.1 Å². The number of amides is 1. The number of allylic oxidation sites excluding steroid dienone is 1. The molecule has 7 nitrogen and oxygen atoms in total. The number of fused-ring (bicyclic) bond motifs is 2. The van der Waals surface area contributed by atoms with Crippen molar-refractivity contribution in [3.63, 3.8) is 0 Å². The van der Waals surface area contributed by atoms with Crippen LogP contribution in [-0.4, -0.2) is 29.0 Å². The molecule has 7 heteroatoms. The molecular formula is C21H22N6O. The number of hydrazine groups is 1. The van der Waals surface area contributed by atoms with Crippen molar-refractivity contribution in [2.24, 2.45) is 21.8 Å². The number of hydrogen-bond acceptors (Lipinski definition) is 5. The number of aliphatic imine (C=N–C) groups is 2. The van der Waals surface area contributed by atoms with Crippen molar-refractivity contribution >= 4 is 23.6 Å². The lowest BCUT2D eigenvalue weighted by atomic mass is 9.84. The molecule has 4 aliphatic rings. The number of carbonyl (C=O) groups excluding carboxylic acids is 1. The van der Waals surface area contributed by atoms with Gasteiger partial charge in [0.2, 0.25) is 0 Å². The monoisotopic (exact) mass is 374 g/mol. The third-order valence-electron chi connectivity index (χ3n) is 6.07. The second kappa shape index (κ2) is 6.88. The Morgan fingerprint density at radius 3 is 2.96 bits per heavy atom. The van der Waals surface area contributed by atoms with Crippen molar-refractivity contribution in [2.45, 2.75) is 44.8 Å². The fourth-order valence-corrected chi connectivity index (χ4v) is 4.64. The molecule has 2 fully saturated rings. The maximum Gasteiger partial charge on any atom is 0.262 e. The Morgan fingerprint density at radius 1 is 1.21 bits per heavy atom. The van der Waals surface area contributed by atoms with E-state index in [1.807, 2.05) is 17.2 Å². The van der Waals surface area contributed by atoms with Gasteiger partial charge < -0.3 is 5.32 Å². The van der Waals surface area contributed by atoms with Crippen LogP contribution in [0.2, 0.25) is 0 Å². The van der Waals surface area contributed by atoms with E-state index in [9.17, 15) is 10.1 Å². The molecule has 1 amide bonds. The highest BCUT2D eigenvalue weighted by molar-refractivity contribution is 6.12. The van der Waals surface area contributed by atoms with Crippen LogP contribution in [0.1, 0.15) is 36.8 Å². The quantitative estimate of drug-likeness (QED) is 0.829. The molecule has 3 heterocycles. The fourth-order valence-electron chi connectivity index (χ4n) is 4.64. The summed E-state index contributed by atoms with van der Waals surface area (Å²) in [5.41, 5.74) is 7.59. The molecule has 3 aliphatic heterocycles. The third-order valence-corrected chi connectivity index (χ3v) is 6.07. The summed E-state index contributed by atoms with van der Waals surface area (Å²) in [7, 11) is 0. The second-order valence-corrected chi connectivity index (χ2v) is 7.76. The summed E-state index contributed by atoms with van der Waals surface area (Å²) in [6, 6.07) is 8.65. The van der Waals surface area contributed by atoms with Crippen LogP contribution < -0.4 is 10.7 Å². The Bertz CT molecular complexity index is 956. The molecule has 1 aliphatic carbocycles. The number of rotatable bonds is 2. The zero-order valence-corrected chi connectivity index (χ0v) is 15.6. The van der Waals surface area contributed by atoms with E-state index in [0.717, 1.165) is 50.2 Å². The Morgan fingerprint density at radius 2 is 2.07 bits per heavy atom. The number of nitriles is 1. The smallest absolute Gasteiger partial charge is 0.262 e. The average molecular weight is 374 g/mol. The first-order chi connectivity index (χ1) is 13.7. The van der Waals surface area contributed by atoms with Crippen LogP contribution in [0, 0.1) is 23.2 Å². The van der Waals surface area contributed by atoms with Gasteiger partial charge in [-0.2, -0.15) is 5.26 Å². The predicted octanol–water partition coefficient (Wildman–Crippen LogP) is 2.33. The van der Waals surface area contributed by atoms with Crippen LogP contribution in [0.4, 0.5) is 5.69 Å². The summed E-state index contributed by atoms with van der Waals surface area (Å²) in [4.78, 5) is 21.3. The molecule has 28 heavy (non-hydrogen) atoms. The van der Waals surface area contributed by atoms with Crippen LogP contribution in [0.25, 0.3) is 0 Å². The van der Waals surface area contributed by atoms with Crippen LogP contribution in [0.15, 0.2) is 40.0 Å². The zero-order chi connectivity index (χ0) is 19.1. The van der Waals surface area contributed by atoms with E-state index in [-0.39, 0.29) is 17.9 Å². The molecule has 1 unspecified atom stereocenters. The van der Waals surface area contributed by atoms with Gasteiger partial charge in [0, 0.05) is 19.3 Å². The molecule has 5 rings (SSSR count). The molecule has 0 aromatic heterocycles. The van der Waals surface area contributed by atoms with Gasteiger partial charge in [-0.05, 0) is 42.2 Å². The van der Waals surface area contributed by atoms with Gasteiger partial charge >= 0.3 is 0 Å². The first kappa shape index (κ1) is 17.1. The first-order valence-electron chi connectivity index (χ1n) is 9.89. The van der Waals surface area contributed by atoms with Crippen molar-refractivity contribution in [1.29, 1.82) is 5.26 Å². The highest BCUT2D eigenvalue weighted by Crippen LogP contribution is 2.36. The molecule has 1 saturated carbocycles. The third kappa shape index (κ3) is 2.81. The molecule has 142 valence electrons. The van der Waals surface area contributed by atoms with E-state index >= 15 is 0 Å². The van der Waals surface area contributed by atoms with Crippen molar-refractivity contribution in [2.75, 3.05) is 0 Å². The maximum absolute atomic E-state index is 12.6. The van der Waals surface area contributed by atoms with E-state index in [4.69, 9.17) is 4.99 Å². The van der Waals surface area contributed by atoms with E-state index in [1.165, 1.54) is 11.1 Å². The number of amidine groups is 1. The molecule has 3 atom stereocenters. The van der Waals surface area contributed by atoms with Crippen LogP contribution in [-0.2, 0) is 17.9 Å². The highest BCUT2D eigenvalue weighted by Gasteiger charge is 2.45. The van der Waals surface area contributed by atoms with E-state index in [2.05, 4.69) is 33.9 Å². The molecule has 1 aromatic carbocycles. The summed E-state index contributed by atoms with van der Waals surface area (Å²) in [6.07, 6.45) is 7.41. The normalized spacial score (nSPS) is 29.9. The second-order valence-electron chi connectivity index (χ2n) is 7.76. The number of benzene rings is 1. The van der Waals surface area contributed by atoms with Gasteiger partial charge in [0.05, 0.1) is 29.4 Å². The van der Waals surface area contributed by atoms with Crippen LogP contribution in [0.3, 0.4) is 0 Å². The first-order valence-corrected chi connectivity index (χ1v) is 9.89. The topological polar surface area (TPSA) is 92.9 Å². The minimum Gasteiger partial charge on any atom is -0.309 e. The molecule has 0 bridgehead atoms. The lowest BCUT2D eigenvalue weighted by molar-refractivity contribution is -0.119. The number of nitrogens with one attached hydrogen (secondary N) is 2. The summed E-state index contributed by atoms with van der Waals surface area (Å²) >= 11 is 0. The number of carbonyl (C=O) groups is 1. The standard InChI is InChI=1S/C21H22N6O/c22-10-13-3-1-2-4-17(13)27-18-7-8-24-21(28)19(18)20(26-27)25-16-6-5-14-11-23-12-15(14)9-16/h5-9,13,17,19,23H,1-4,11-12H2,(H,25,26)/t13-,17+,19?/m1/s1. The van der Waals surface area contributed by atoms with Gasteiger partial charge in [0.1, 0.15) is 11.8 Å². The van der Waals surface area contributed by atoms with E-state index < -0.39 is 5.92 Å². The molecular weight excluding hydrogens is 352 g/mol. The molecule has 1 saturated heterocycles. The lowest BCUT2D eigenvalue weighted by Crippen LogP contribution is -2.46. The minimum atomic E-state index is -0.516. The van der Waals surface area contributed by atoms with Crippen LogP contribution in [0.5, 0.6) is 0 Å². The maximum atomic E-state index is 12.6. The summed E-state index contributed by atoms with van der Waals surface area (Å²) in [6.45, 7) is 1.73. The Balaban J connectivity index is 1.51. The predicted molar refractivity (Wildman–Crippen MR) is 105 cm³/mol. The van der Waals surface area contributed by atoms with Gasteiger partial charge in [-0.15, -0.1) is 0 Å². The van der Waals surface area contributed by atoms with Gasteiger partial charge in [0.25, 0.3) is 5.91 Å². The summed E-state index contributed by atoms with van der Waals surface area (Å²) in [5.74, 6) is -0.181. The van der Waals surface area contributed by atoms with Crippen LogP contribution >= 0.6 is 0 Å². The fraction of sp³-hybridized carbons (Fsp3) is 0.429. The molecule has 1 aromatic rings. The lowest BCUT2D eigenvalue weighted by Gasteiger charge is -2.36. The summed E-state index contributed by atoms with van der Waals surface area (Å²) < 4.78 is 0. The molecule has 2 N–H and O–H groups in total. The Kier molecular flexibility index (Phi) is 4.21. The average Bonchev–Trinajstić information content (AvgIpc) is 3.33. The van der Waals surface area contributed by atoms with Gasteiger partial charge in [0.15, 0.2) is 0 Å². The summed E-state index contributed by atoms with van der Waals surface area (Å²) in [5, 5.41) is 15.0. The van der Waals surface area contributed by atoms with Crippen molar-refractivity contribution in [3.8, 4) is 6.07 Å². The van der Waals surface area contributed by atoms with Gasteiger partial charge in [-0.1, -0.05) is 18.9 Å². The largest absolute Gasteiger partial charge is 0.309 e. The van der Waals surface area contributed by atoms with E-state index in [0.29, 0.717) is 5.84 Å². The van der Waals surface area contributed by atoms with E-state index in [1.54, 1.807) is 6.21 Å². The zero-order valence-electron chi connectivity index (χ0n) is 15.6. The Labute approximate surface area is 163 Å². The van der Waals surface area contributed by atoms with Crippen molar-refractivity contribution in [1.82, 2.24) is 15.8 Å². The van der Waals surface area contributed by atoms with Crippen molar-refractivity contribution < 1.29 is 4.79 Å². The number of hydrogen-bond donors (Lipinski definition) is 2. The molecule has 0 spiro atoms.